The van der Waals surface area contributed by atoms with Gasteiger partial charge in [0.25, 0.3) is 0 Å². The van der Waals surface area contributed by atoms with Crippen molar-refractivity contribution in [2.24, 2.45) is 0 Å². The largest absolute Gasteiger partial charge is 0.379 e. The molecule has 6 aromatic rings. The Morgan fingerprint density at radius 1 is 0.620 bits per heavy atom. The highest BCUT2D eigenvalue weighted by Crippen LogP contribution is 2.29. The number of piperazine rings is 1. The molecule has 1 fully saturated rings. The van der Waals surface area contributed by atoms with E-state index in [1.54, 1.807) is 55.6 Å². The van der Waals surface area contributed by atoms with Gasteiger partial charge in [-0.3, -0.25) is 4.90 Å². The summed E-state index contributed by atoms with van der Waals surface area (Å²) in [7, 11) is -6.31. The predicted molar refractivity (Wildman–Crippen MR) is 200 cm³/mol. The quantitative estimate of drug-likeness (QED) is 0.137. The number of likely N-dealkylation sites (N-methyl/N-ethyl adjacent to an activating group) is 1. The van der Waals surface area contributed by atoms with Gasteiger partial charge in [0.15, 0.2) is 0 Å². The summed E-state index contributed by atoms with van der Waals surface area (Å²) in [5, 5.41) is 2.95. The third-order valence-electron chi connectivity index (χ3n) is 9.50. The Morgan fingerprint density at radius 3 is 1.80 bits per heavy atom. The molecule has 1 aliphatic rings. The highest BCUT2D eigenvalue weighted by molar-refractivity contribution is 7.89. The molecule has 0 bridgehead atoms. The van der Waals surface area contributed by atoms with Gasteiger partial charge in [-0.25, -0.2) is 8.42 Å². The maximum absolute atomic E-state index is 14.3. The molecule has 0 spiro atoms. The molecule has 0 aromatic heterocycles. The molecule has 0 radical (unpaired) electrons. The second-order valence-electron chi connectivity index (χ2n) is 12.6. The Labute approximate surface area is 294 Å². The Morgan fingerprint density at radius 2 is 1.16 bits per heavy atom. The smallest absolute Gasteiger partial charge is 0.339 e. The Kier molecular flexibility index (Phi) is 9.61. The number of hydrogen-bond donors (Lipinski definition) is 0. The first kappa shape index (κ1) is 33.7. The van der Waals surface area contributed by atoms with Crippen molar-refractivity contribution >= 4 is 47.4 Å². The van der Waals surface area contributed by atoms with Crippen LogP contribution in [0.2, 0.25) is 0 Å². The number of para-hydroxylation sites is 1. The lowest BCUT2D eigenvalue weighted by molar-refractivity contribution is 0.201. The number of rotatable bonds is 11. The standard InChI is InChI=1S/C40H39N3O5S2/c1-41(49(44,45)39-19-9-13-32-11-5-7-17-37(32)39)35(30-42-25-27-43(28-26-42)34-15-3-2-4-16-34)29-31-21-23-36(24-22-31)48-50(46,47)40-20-10-14-33-12-6-8-18-38(33)40/h2-24,35H,25-30H2,1H3. The van der Waals surface area contributed by atoms with Gasteiger partial charge in [0.1, 0.15) is 10.6 Å². The van der Waals surface area contributed by atoms with E-state index in [-0.39, 0.29) is 15.5 Å². The van der Waals surface area contributed by atoms with E-state index in [0.717, 1.165) is 42.5 Å². The summed E-state index contributed by atoms with van der Waals surface area (Å²) >= 11 is 0. The molecule has 1 atom stereocenters. The zero-order chi connectivity index (χ0) is 34.7. The monoisotopic (exact) mass is 705 g/mol. The Bertz CT molecular complexity index is 2310. The summed E-state index contributed by atoms with van der Waals surface area (Å²) in [5.41, 5.74) is 2.05. The van der Waals surface area contributed by atoms with Crippen molar-refractivity contribution < 1.29 is 21.0 Å². The van der Waals surface area contributed by atoms with Crippen molar-refractivity contribution in [3.05, 3.63) is 145 Å². The third-order valence-corrected chi connectivity index (χ3v) is 12.8. The number of fused-ring (bicyclic) bond motifs is 2. The molecule has 1 aliphatic heterocycles. The van der Waals surface area contributed by atoms with Crippen molar-refractivity contribution in [3.8, 4) is 5.75 Å². The van der Waals surface area contributed by atoms with Crippen molar-refractivity contribution in [1.29, 1.82) is 0 Å². The van der Waals surface area contributed by atoms with Crippen LogP contribution < -0.4 is 9.08 Å². The van der Waals surface area contributed by atoms with Gasteiger partial charge < -0.3 is 9.08 Å². The average Bonchev–Trinajstić information content (AvgIpc) is 3.15. The number of hydrogen-bond acceptors (Lipinski definition) is 7. The van der Waals surface area contributed by atoms with Crippen LogP contribution in [0.4, 0.5) is 5.69 Å². The first-order chi connectivity index (χ1) is 24.2. The van der Waals surface area contributed by atoms with Crippen LogP contribution >= 0.6 is 0 Å². The number of sulfonamides is 1. The minimum absolute atomic E-state index is 0.104. The van der Waals surface area contributed by atoms with Crippen LogP contribution in [-0.2, 0) is 26.6 Å². The van der Waals surface area contributed by atoms with Crippen molar-refractivity contribution in [3.63, 3.8) is 0 Å². The summed E-state index contributed by atoms with van der Waals surface area (Å²) in [5.74, 6) is 0.187. The summed E-state index contributed by atoms with van der Waals surface area (Å²) in [4.78, 5) is 5.06. The predicted octanol–water partition coefficient (Wildman–Crippen LogP) is 6.81. The van der Waals surface area contributed by atoms with E-state index in [1.807, 2.05) is 78.9 Å². The minimum Gasteiger partial charge on any atom is -0.379 e. The van der Waals surface area contributed by atoms with Crippen LogP contribution in [-0.4, -0.2) is 71.9 Å². The summed E-state index contributed by atoms with van der Waals surface area (Å²) in [6.45, 7) is 3.82. The van der Waals surface area contributed by atoms with E-state index in [1.165, 1.54) is 9.99 Å². The molecule has 10 heteroatoms. The first-order valence-corrected chi connectivity index (χ1v) is 19.5. The summed E-state index contributed by atoms with van der Waals surface area (Å²) in [6.07, 6.45) is 0.426. The number of benzene rings is 6. The molecule has 1 unspecified atom stereocenters. The van der Waals surface area contributed by atoms with Crippen molar-refractivity contribution in [2.45, 2.75) is 22.3 Å². The van der Waals surface area contributed by atoms with Gasteiger partial charge in [-0.05, 0) is 59.2 Å². The number of nitrogens with zero attached hydrogens (tertiary/aromatic N) is 3. The third kappa shape index (κ3) is 7.11. The van der Waals surface area contributed by atoms with E-state index in [4.69, 9.17) is 4.18 Å². The van der Waals surface area contributed by atoms with Crippen molar-refractivity contribution in [2.75, 3.05) is 44.7 Å². The number of anilines is 1. The molecular weight excluding hydrogens is 667 g/mol. The Hall–Kier alpha value is -4.74. The molecule has 7 rings (SSSR count). The fourth-order valence-corrected chi connectivity index (χ4v) is 9.46. The van der Waals surface area contributed by atoms with Gasteiger partial charge in [0, 0.05) is 62.3 Å². The molecule has 6 aromatic carbocycles. The van der Waals surface area contributed by atoms with Crippen LogP contribution in [0.3, 0.4) is 0 Å². The van der Waals surface area contributed by atoms with Gasteiger partial charge in [0.2, 0.25) is 10.0 Å². The van der Waals surface area contributed by atoms with Gasteiger partial charge in [-0.15, -0.1) is 0 Å². The van der Waals surface area contributed by atoms with E-state index < -0.39 is 26.2 Å². The lowest BCUT2D eigenvalue weighted by atomic mass is 10.0. The lowest BCUT2D eigenvalue weighted by Gasteiger charge is -2.39. The molecule has 1 heterocycles. The molecule has 8 nitrogen and oxygen atoms in total. The zero-order valence-electron chi connectivity index (χ0n) is 27.8. The van der Waals surface area contributed by atoms with E-state index >= 15 is 0 Å². The first-order valence-electron chi connectivity index (χ1n) is 16.7. The maximum Gasteiger partial charge on any atom is 0.339 e. The average molecular weight is 706 g/mol. The lowest BCUT2D eigenvalue weighted by Crippen LogP contribution is -2.52. The minimum atomic E-state index is -4.10. The second-order valence-corrected chi connectivity index (χ2v) is 16.1. The van der Waals surface area contributed by atoms with Crippen LogP contribution in [0.1, 0.15) is 5.56 Å². The van der Waals surface area contributed by atoms with Crippen LogP contribution in [0.5, 0.6) is 5.75 Å². The molecule has 0 N–H and O–H groups in total. The van der Waals surface area contributed by atoms with Gasteiger partial charge in [0.05, 0.1) is 4.90 Å². The highest BCUT2D eigenvalue weighted by Gasteiger charge is 2.32. The van der Waals surface area contributed by atoms with E-state index in [2.05, 4.69) is 21.9 Å². The molecule has 1 saturated heterocycles. The molecule has 0 amide bonds. The van der Waals surface area contributed by atoms with Gasteiger partial charge >= 0.3 is 10.1 Å². The van der Waals surface area contributed by atoms with Crippen LogP contribution in [0, 0.1) is 0 Å². The summed E-state index contributed by atoms with van der Waals surface area (Å²) in [6, 6.07) is 42.1. The highest BCUT2D eigenvalue weighted by atomic mass is 32.2. The second kappa shape index (κ2) is 14.2. The molecule has 50 heavy (non-hydrogen) atoms. The van der Waals surface area contributed by atoms with Crippen LogP contribution in [0.15, 0.2) is 149 Å². The molecule has 0 saturated carbocycles. The van der Waals surface area contributed by atoms with Gasteiger partial charge in [-0.1, -0.05) is 103 Å². The van der Waals surface area contributed by atoms with Crippen LogP contribution in [0.25, 0.3) is 21.5 Å². The summed E-state index contributed by atoms with van der Waals surface area (Å²) < 4.78 is 62.4. The Balaban J connectivity index is 1.13. The van der Waals surface area contributed by atoms with Crippen molar-refractivity contribution in [1.82, 2.24) is 9.21 Å². The fraction of sp³-hybridized carbons (Fsp3) is 0.200. The van der Waals surface area contributed by atoms with E-state index in [9.17, 15) is 16.8 Å². The van der Waals surface area contributed by atoms with Gasteiger partial charge in [-0.2, -0.15) is 12.7 Å². The maximum atomic E-state index is 14.3. The molecule has 0 aliphatic carbocycles. The molecular formula is C40H39N3O5S2. The normalized spacial score (nSPS) is 15.0. The molecule has 256 valence electrons. The van der Waals surface area contributed by atoms with E-state index in [0.29, 0.717) is 23.7 Å². The fourth-order valence-electron chi connectivity index (χ4n) is 6.74. The SMILES string of the molecule is CN(C(Cc1ccc(OS(=O)(=O)c2cccc3ccccc23)cc1)CN1CCN(c2ccccc2)CC1)S(=O)(=O)c1cccc2ccccc12. The topological polar surface area (TPSA) is 87.2 Å². The zero-order valence-corrected chi connectivity index (χ0v) is 29.4.